The number of carbonyl (C=O) groups excluding carboxylic acids is 1. The summed E-state index contributed by atoms with van der Waals surface area (Å²) in [6.45, 7) is 7.87. The summed E-state index contributed by atoms with van der Waals surface area (Å²) in [6.07, 6.45) is 0.705. The minimum Gasteiger partial charge on any atom is -0.461 e. The van der Waals surface area contributed by atoms with Gasteiger partial charge in [-0.2, -0.15) is 0 Å². The Kier molecular flexibility index (Phi) is 5.35. The fourth-order valence-corrected chi connectivity index (χ4v) is 2.61. The zero-order valence-electron chi connectivity index (χ0n) is 15.9. The van der Waals surface area contributed by atoms with Gasteiger partial charge in [0.2, 0.25) is 0 Å². The second kappa shape index (κ2) is 7.70. The third-order valence-corrected chi connectivity index (χ3v) is 4.34. The number of fused-ring (bicyclic) bond motifs is 1. The molecule has 0 saturated heterocycles. The van der Waals surface area contributed by atoms with Gasteiger partial charge in [-0.05, 0) is 68.1 Å². The third kappa shape index (κ3) is 4.05. The molecule has 5 nitrogen and oxygen atoms in total. The van der Waals surface area contributed by atoms with Gasteiger partial charge in [-0.25, -0.2) is 19.2 Å². The monoisotopic (exact) mass is 367 g/mol. The SMILES string of the molecule is CCCOC(=O)c1nc2cc(C)c(C)cc2nc1Nc1ccc(C)c(F)c1. The van der Waals surface area contributed by atoms with Gasteiger partial charge in [-0.1, -0.05) is 13.0 Å². The van der Waals surface area contributed by atoms with Crippen molar-refractivity contribution in [1.29, 1.82) is 0 Å². The number of benzene rings is 2. The molecule has 3 rings (SSSR count). The van der Waals surface area contributed by atoms with Gasteiger partial charge in [0.25, 0.3) is 0 Å². The van der Waals surface area contributed by atoms with Gasteiger partial charge in [0, 0.05) is 5.69 Å². The number of nitrogens with zero attached hydrogens (tertiary/aromatic N) is 2. The zero-order chi connectivity index (χ0) is 19.6. The van der Waals surface area contributed by atoms with Crippen LogP contribution in [0.2, 0.25) is 0 Å². The van der Waals surface area contributed by atoms with Gasteiger partial charge in [0.05, 0.1) is 17.6 Å². The quantitative estimate of drug-likeness (QED) is 0.643. The number of rotatable bonds is 5. The first-order chi connectivity index (χ1) is 12.9. The molecule has 0 saturated carbocycles. The van der Waals surface area contributed by atoms with Gasteiger partial charge >= 0.3 is 5.97 Å². The summed E-state index contributed by atoms with van der Waals surface area (Å²) in [7, 11) is 0. The molecule has 0 amide bonds. The van der Waals surface area contributed by atoms with E-state index in [4.69, 9.17) is 4.74 Å². The fraction of sp³-hybridized carbons (Fsp3) is 0.286. The van der Waals surface area contributed by atoms with E-state index in [-0.39, 0.29) is 17.3 Å². The number of anilines is 2. The number of esters is 1. The van der Waals surface area contributed by atoms with Crippen LogP contribution in [0.15, 0.2) is 30.3 Å². The van der Waals surface area contributed by atoms with Crippen molar-refractivity contribution in [1.82, 2.24) is 9.97 Å². The minimum absolute atomic E-state index is 0.0835. The molecule has 0 atom stereocenters. The predicted octanol–water partition coefficient (Wildman–Crippen LogP) is 5.00. The normalized spacial score (nSPS) is 10.9. The standard InChI is InChI=1S/C21H22FN3O2/c1-5-8-27-21(26)19-20(23-15-7-6-12(2)16(22)11-15)25-18-10-14(4)13(3)9-17(18)24-19/h6-7,9-11H,5,8H2,1-4H3,(H,23,25). The molecular weight excluding hydrogens is 345 g/mol. The number of nitrogens with one attached hydrogen (secondary N) is 1. The molecule has 0 aliphatic rings. The van der Waals surface area contributed by atoms with Gasteiger partial charge < -0.3 is 10.1 Å². The summed E-state index contributed by atoms with van der Waals surface area (Å²) in [5, 5.41) is 3.01. The summed E-state index contributed by atoms with van der Waals surface area (Å²) in [4.78, 5) is 21.5. The summed E-state index contributed by atoms with van der Waals surface area (Å²) in [5.74, 6) is -0.648. The van der Waals surface area contributed by atoms with Crippen LogP contribution in [0.25, 0.3) is 11.0 Å². The number of halogens is 1. The van der Waals surface area contributed by atoms with Crippen molar-refractivity contribution < 1.29 is 13.9 Å². The van der Waals surface area contributed by atoms with Crippen molar-refractivity contribution in [2.45, 2.75) is 34.1 Å². The van der Waals surface area contributed by atoms with E-state index in [1.54, 1.807) is 19.1 Å². The lowest BCUT2D eigenvalue weighted by Gasteiger charge is -2.13. The maximum Gasteiger partial charge on any atom is 0.360 e. The highest BCUT2D eigenvalue weighted by molar-refractivity contribution is 5.96. The molecule has 3 aromatic rings. The molecule has 0 fully saturated rings. The Balaban J connectivity index is 2.10. The van der Waals surface area contributed by atoms with Crippen LogP contribution in [0, 0.1) is 26.6 Å². The number of aryl methyl sites for hydroxylation is 3. The van der Waals surface area contributed by atoms with E-state index in [2.05, 4.69) is 15.3 Å². The van der Waals surface area contributed by atoms with Gasteiger partial charge in [0.15, 0.2) is 11.5 Å². The second-order valence-corrected chi connectivity index (χ2v) is 6.57. The van der Waals surface area contributed by atoms with E-state index in [1.165, 1.54) is 6.07 Å². The first-order valence-electron chi connectivity index (χ1n) is 8.88. The lowest BCUT2D eigenvalue weighted by Crippen LogP contribution is -2.13. The highest BCUT2D eigenvalue weighted by Crippen LogP contribution is 2.25. The molecule has 1 N–H and O–H groups in total. The molecule has 6 heteroatoms. The number of hydrogen-bond donors (Lipinski definition) is 1. The first kappa shape index (κ1) is 18.8. The Morgan fingerprint density at radius 3 is 2.33 bits per heavy atom. The van der Waals surface area contributed by atoms with Crippen LogP contribution in [0.3, 0.4) is 0 Å². The maximum absolute atomic E-state index is 13.9. The van der Waals surface area contributed by atoms with E-state index in [1.807, 2.05) is 32.9 Å². The molecule has 27 heavy (non-hydrogen) atoms. The van der Waals surface area contributed by atoms with Crippen molar-refractivity contribution in [3.63, 3.8) is 0 Å². The van der Waals surface area contributed by atoms with Crippen LogP contribution >= 0.6 is 0 Å². The van der Waals surface area contributed by atoms with Crippen LogP contribution in [0.4, 0.5) is 15.9 Å². The summed E-state index contributed by atoms with van der Waals surface area (Å²) >= 11 is 0. The Hall–Kier alpha value is -3.02. The molecule has 1 aromatic heterocycles. The highest BCUT2D eigenvalue weighted by Gasteiger charge is 2.19. The van der Waals surface area contributed by atoms with E-state index in [0.717, 1.165) is 11.1 Å². The van der Waals surface area contributed by atoms with Crippen molar-refractivity contribution in [2.24, 2.45) is 0 Å². The van der Waals surface area contributed by atoms with E-state index in [9.17, 15) is 9.18 Å². The Morgan fingerprint density at radius 1 is 1.04 bits per heavy atom. The second-order valence-electron chi connectivity index (χ2n) is 6.57. The average molecular weight is 367 g/mol. The Labute approximate surface area is 157 Å². The molecule has 2 aromatic carbocycles. The van der Waals surface area contributed by atoms with E-state index < -0.39 is 5.97 Å². The van der Waals surface area contributed by atoms with Crippen LogP contribution in [0.5, 0.6) is 0 Å². The minimum atomic E-state index is -0.556. The summed E-state index contributed by atoms with van der Waals surface area (Å²) in [6, 6.07) is 8.56. The molecule has 0 radical (unpaired) electrons. The lowest BCUT2D eigenvalue weighted by atomic mass is 10.1. The summed E-state index contributed by atoms with van der Waals surface area (Å²) < 4.78 is 19.1. The number of aromatic nitrogens is 2. The summed E-state index contributed by atoms with van der Waals surface area (Å²) in [5.41, 5.74) is 4.51. The van der Waals surface area contributed by atoms with Crippen molar-refractivity contribution >= 4 is 28.5 Å². The largest absolute Gasteiger partial charge is 0.461 e. The molecule has 0 unspecified atom stereocenters. The molecule has 0 aliphatic heterocycles. The molecule has 140 valence electrons. The maximum atomic E-state index is 13.9. The molecule has 0 spiro atoms. The van der Waals surface area contributed by atoms with Crippen LogP contribution in [0.1, 0.15) is 40.5 Å². The van der Waals surface area contributed by atoms with Gasteiger partial charge in [-0.15, -0.1) is 0 Å². The van der Waals surface area contributed by atoms with Crippen LogP contribution in [-0.4, -0.2) is 22.5 Å². The number of carbonyl (C=O) groups is 1. The lowest BCUT2D eigenvalue weighted by molar-refractivity contribution is 0.0499. The van der Waals surface area contributed by atoms with Crippen molar-refractivity contribution in [2.75, 3.05) is 11.9 Å². The topological polar surface area (TPSA) is 64.1 Å². The van der Waals surface area contributed by atoms with Gasteiger partial charge in [0.1, 0.15) is 5.82 Å². The van der Waals surface area contributed by atoms with Crippen molar-refractivity contribution in [3.05, 3.63) is 58.5 Å². The van der Waals surface area contributed by atoms with E-state index >= 15 is 0 Å². The Bertz CT molecular complexity index is 1020. The van der Waals surface area contributed by atoms with Crippen LogP contribution < -0.4 is 5.32 Å². The van der Waals surface area contributed by atoms with Gasteiger partial charge in [-0.3, -0.25) is 0 Å². The molecule has 0 bridgehead atoms. The highest BCUT2D eigenvalue weighted by atomic mass is 19.1. The number of ether oxygens (including phenoxy) is 1. The fourth-order valence-electron chi connectivity index (χ4n) is 2.61. The molecule has 0 aliphatic carbocycles. The average Bonchev–Trinajstić information content (AvgIpc) is 2.63. The van der Waals surface area contributed by atoms with Crippen molar-refractivity contribution in [3.8, 4) is 0 Å². The molecule has 1 heterocycles. The van der Waals surface area contributed by atoms with Crippen LogP contribution in [-0.2, 0) is 4.74 Å². The Morgan fingerprint density at radius 2 is 1.70 bits per heavy atom. The zero-order valence-corrected chi connectivity index (χ0v) is 15.9. The number of hydrogen-bond acceptors (Lipinski definition) is 5. The molecular formula is C21H22FN3O2. The predicted molar refractivity (Wildman–Crippen MR) is 104 cm³/mol. The third-order valence-electron chi connectivity index (χ3n) is 4.34. The first-order valence-corrected chi connectivity index (χ1v) is 8.88. The smallest absolute Gasteiger partial charge is 0.360 e. The van der Waals surface area contributed by atoms with E-state index in [0.29, 0.717) is 35.3 Å².